The lowest BCUT2D eigenvalue weighted by Crippen LogP contribution is -2.30. The molecule has 1 saturated carbocycles. The molecule has 1 heterocycles. The number of ether oxygens (including phenoxy) is 1. The predicted octanol–water partition coefficient (Wildman–Crippen LogP) is 3.03. The van der Waals surface area contributed by atoms with Crippen LogP contribution in [-0.4, -0.2) is 29.4 Å². The molecule has 2 rings (SSSR count). The highest BCUT2D eigenvalue weighted by atomic mass is 32.1. The second-order valence-electron chi connectivity index (χ2n) is 5.23. The smallest absolute Gasteiger partial charge is 0.171 e. The first-order valence-corrected chi connectivity index (χ1v) is 7.74. The number of anilines is 1. The van der Waals surface area contributed by atoms with Crippen molar-refractivity contribution in [2.45, 2.75) is 45.1 Å². The average Bonchev–Trinajstić information content (AvgIpc) is 2.91. The molecule has 0 atom stereocenters. The highest BCUT2D eigenvalue weighted by molar-refractivity contribution is 7.80. The van der Waals surface area contributed by atoms with Crippen molar-refractivity contribution in [3.63, 3.8) is 0 Å². The van der Waals surface area contributed by atoms with Gasteiger partial charge >= 0.3 is 0 Å². The molecular weight excluding hydrogens is 270 g/mol. The van der Waals surface area contributed by atoms with E-state index in [1.807, 2.05) is 19.1 Å². The van der Waals surface area contributed by atoms with E-state index >= 15 is 0 Å². The van der Waals surface area contributed by atoms with Crippen LogP contribution in [0.1, 0.15) is 37.7 Å². The molecule has 110 valence electrons. The second kappa shape index (κ2) is 8.17. The van der Waals surface area contributed by atoms with Crippen molar-refractivity contribution in [2.75, 3.05) is 18.5 Å². The minimum Gasteiger partial charge on any atom is -0.378 e. The summed E-state index contributed by atoms with van der Waals surface area (Å²) in [6, 6.07) is 3.93. The molecule has 1 aromatic heterocycles. The standard InChI is InChI=1S/C15H23N3OS/c1-12-7-9-16-14(11-12)18-15(20)17-8-4-10-19-13-5-2-3-6-13/h7,9,11,13H,2-6,8,10H2,1H3,(H2,16,17,18,20). The molecule has 0 radical (unpaired) electrons. The Kier molecular flexibility index (Phi) is 6.21. The van der Waals surface area contributed by atoms with E-state index in [2.05, 4.69) is 15.6 Å². The van der Waals surface area contributed by atoms with Gasteiger partial charge in [-0.3, -0.25) is 0 Å². The molecule has 0 aromatic carbocycles. The molecule has 1 aliphatic rings. The Morgan fingerprint density at radius 2 is 2.25 bits per heavy atom. The minimum absolute atomic E-state index is 0.497. The molecule has 0 amide bonds. The first-order chi connectivity index (χ1) is 9.74. The lowest BCUT2D eigenvalue weighted by atomic mass is 10.3. The number of aromatic nitrogens is 1. The molecule has 20 heavy (non-hydrogen) atoms. The molecule has 0 saturated heterocycles. The number of hydrogen-bond donors (Lipinski definition) is 2. The third-order valence-electron chi connectivity index (χ3n) is 3.42. The van der Waals surface area contributed by atoms with Gasteiger partial charge in [-0.25, -0.2) is 4.98 Å². The fourth-order valence-electron chi connectivity index (χ4n) is 2.34. The summed E-state index contributed by atoms with van der Waals surface area (Å²) in [6.45, 7) is 3.66. The van der Waals surface area contributed by atoms with Crippen LogP contribution in [0.15, 0.2) is 18.3 Å². The third-order valence-corrected chi connectivity index (χ3v) is 3.67. The summed E-state index contributed by atoms with van der Waals surface area (Å²) in [5.74, 6) is 0.782. The summed E-state index contributed by atoms with van der Waals surface area (Å²) in [4.78, 5) is 4.21. The number of nitrogens with one attached hydrogen (secondary N) is 2. The highest BCUT2D eigenvalue weighted by Crippen LogP contribution is 2.20. The maximum absolute atomic E-state index is 5.80. The van der Waals surface area contributed by atoms with E-state index in [4.69, 9.17) is 17.0 Å². The van der Waals surface area contributed by atoms with Gasteiger partial charge < -0.3 is 15.4 Å². The van der Waals surface area contributed by atoms with Gasteiger partial charge in [-0.15, -0.1) is 0 Å². The van der Waals surface area contributed by atoms with Crippen molar-refractivity contribution in [2.24, 2.45) is 0 Å². The Bertz CT molecular complexity index is 433. The van der Waals surface area contributed by atoms with Crippen molar-refractivity contribution >= 4 is 23.1 Å². The van der Waals surface area contributed by atoms with Crippen molar-refractivity contribution in [3.8, 4) is 0 Å². The summed E-state index contributed by atoms with van der Waals surface area (Å²) in [7, 11) is 0. The fraction of sp³-hybridized carbons (Fsp3) is 0.600. The summed E-state index contributed by atoms with van der Waals surface area (Å²) in [6.07, 6.45) is 8.34. The van der Waals surface area contributed by atoms with Gasteiger partial charge in [-0.1, -0.05) is 12.8 Å². The lowest BCUT2D eigenvalue weighted by molar-refractivity contribution is 0.0574. The minimum atomic E-state index is 0.497. The number of pyridine rings is 1. The molecule has 4 nitrogen and oxygen atoms in total. The molecule has 2 N–H and O–H groups in total. The Balaban J connectivity index is 1.55. The van der Waals surface area contributed by atoms with E-state index < -0.39 is 0 Å². The molecule has 0 spiro atoms. The van der Waals surface area contributed by atoms with Crippen molar-refractivity contribution < 1.29 is 4.74 Å². The highest BCUT2D eigenvalue weighted by Gasteiger charge is 2.14. The van der Waals surface area contributed by atoms with E-state index in [0.29, 0.717) is 11.2 Å². The first-order valence-electron chi connectivity index (χ1n) is 7.33. The van der Waals surface area contributed by atoms with Gasteiger partial charge in [0.1, 0.15) is 5.82 Å². The van der Waals surface area contributed by atoms with Crippen LogP contribution in [0.2, 0.25) is 0 Å². The Morgan fingerprint density at radius 1 is 1.45 bits per heavy atom. The fourth-order valence-corrected chi connectivity index (χ4v) is 2.55. The maximum Gasteiger partial charge on any atom is 0.171 e. The number of nitrogens with zero attached hydrogens (tertiary/aromatic N) is 1. The van der Waals surface area contributed by atoms with Gasteiger partial charge in [0.25, 0.3) is 0 Å². The van der Waals surface area contributed by atoms with Gasteiger partial charge in [-0.2, -0.15) is 0 Å². The lowest BCUT2D eigenvalue weighted by Gasteiger charge is -2.12. The van der Waals surface area contributed by atoms with Crippen molar-refractivity contribution in [1.82, 2.24) is 10.3 Å². The van der Waals surface area contributed by atoms with Gasteiger partial charge in [0.05, 0.1) is 6.10 Å². The van der Waals surface area contributed by atoms with E-state index in [-0.39, 0.29) is 0 Å². The molecule has 5 heteroatoms. The van der Waals surface area contributed by atoms with Crippen molar-refractivity contribution in [3.05, 3.63) is 23.9 Å². The molecule has 1 aliphatic carbocycles. The van der Waals surface area contributed by atoms with Crippen LogP contribution < -0.4 is 10.6 Å². The maximum atomic E-state index is 5.80. The van der Waals surface area contributed by atoms with Crippen LogP contribution >= 0.6 is 12.2 Å². The summed E-state index contributed by atoms with van der Waals surface area (Å²) in [5.41, 5.74) is 1.16. The van der Waals surface area contributed by atoms with Gasteiger partial charge in [0.15, 0.2) is 5.11 Å². The second-order valence-corrected chi connectivity index (χ2v) is 5.64. The molecule has 1 aromatic rings. The monoisotopic (exact) mass is 293 g/mol. The van der Waals surface area contributed by atoms with Crippen LogP contribution in [0.4, 0.5) is 5.82 Å². The van der Waals surface area contributed by atoms with Crippen LogP contribution in [0.25, 0.3) is 0 Å². The molecule has 0 unspecified atom stereocenters. The molecular formula is C15H23N3OS. The summed E-state index contributed by atoms with van der Waals surface area (Å²) >= 11 is 5.23. The largest absolute Gasteiger partial charge is 0.378 e. The Hall–Kier alpha value is -1.20. The molecule has 0 aliphatic heterocycles. The van der Waals surface area contributed by atoms with Gasteiger partial charge in [0.2, 0.25) is 0 Å². The molecule has 1 fully saturated rings. The topological polar surface area (TPSA) is 46.2 Å². The zero-order chi connectivity index (χ0) is 14.2. The number of hydrogen-bond acceptors (Lipinski definition) is 3. The van der Waals surface area contributed by atoms with Crippen LogP contribution in [-0.2, 0) is 4.74 Å². The zero-order valence-corrected chi connectivity index (χ0v) is 12.8. The Labute approximate surface area is 126 Å². The molecule has 0 bridgehead atoms. The summed E-state index contributed by atoms with van der Waals surface area (Å²) in [5, 5.41) is 6.87. The number of aryl methyl sites for hydroxylation is 1. The van der Waals surface area contributed by atoms with Crippen molar-refractivity contribution in [1.29, 1.82) is 0 Å². The van der Waals surface area contributed by atoms with Crippen LogP contribution in [0.5, 0.6) is 0 Å². The predicted molar refractivity (Wildman–Crippen MR) is 86.0 cm³/mol. The zero-order valence-electron chi connectivity index (χ0n) is 12.0. The summed E-state index contributed by atoms with van der Waals surface area (Å²) < 4.78 is 5.80. The SMILES string of the molecule is Cc1ccnc(NC(=S)NCCCOC2CCCC2)c1. The first kappa shape index (κ1) is 15.2. The van der Waals surface area contributed by atoms with Crippen LogP contribution in [0, 0.1) is 6.92 Å². The van der Waals surface area contributed by atoms with E-state index in [1.165, 1.54) is 25.7 Å². The van der Waals surface area contributed by atoms with E-state index in [9.17, 15) is 0 Å². The van der Waals surface area contributed by atoms with E-state index in [0.717, 1.165) is 31.0 Å². The quantitative estimate of drug-likeness (QED) is 0.623. The van der Waals surface area contributed by atoms with E-state index in [1.54, 1.807) is 6.20 Å². The number of rotatable bonds is 6. The normalized spacial score (nSPS) is 15.2. The average molecular weight is 293 g/mol. The van der Waals surface area contributed by atoms with Crippen LogP contribution in [0.3, 0.4) is 0 Å². The number of thiocarbonyl (C=S) groups is 1. The Morgan fingerprint density at radius 3 is 3.00 bits per heavy atom. The van der Waals surface area contributed by atoms with Gasteiger partial charge in [-0.05, 0) is 56.1 Å². The van der Waals surface area contributed by atoms with Gasteiger partial charge in [0, 0.05) is 19.3 Å². The third kappa shape index (κ3) is 5.43.